The second-order valence-electron chi connectivity index (χ2n) is 4.08. The number of thiophene rings is 1. The molecule has 0 aliphatic rings. The standard InChI is InChI=1S/C14H22S/c1-2-3-4-5-6-7-8-9-10-14-11-12-15-13-14/h2,11-13H,1,3-10H2. The minimum atomic E-state index is 1.19. The second-order valence-corrected chi connectivity index (χ2v) is 4.86. The highest BCUT2D eigenvalue weighted by Gasteiger charge is 1.94. The average Bonchev–Trinajstić information content (AvgIpc) is 2.75. The molecule has 84 valence electrons. The summed E-state index contributed by atoms with van der Waals surface area (Å²) >= 11 is 1.81. The molecule has 1 aromatic rings. The maximum Gasteiger partial charge on any atom is -0.00613 e. The molecule has 0 atom stereocenters. The molecule has 0 aliphatic carbocycles. The Bertz CT molecular complexity index is 236. The largest absolute Gasteiger partial charge is 0.152 e. The number of hydrogen-bond donors (Lipinski definition) is 0. The van der Waals surface area contributed by atoms with Crippen molar-refractivity contribution < 1.29 is 0 Å². The molecule has 0 spiro atoms. The summed E-state index contributed by atoms with van der Waals surface area (Å²) in [5.41, 5.74) is 1.52. The fourth-order valence-corrected chi connectivity index (χ4v) is 2.46. The molecule has 1 heterocycles. The molecule has 0 aliphatic heterocycles. The molecule has 15 heavy (non-hydrogen) atoms. The van der Waals surface area contributed by atoms with Gasteiger partial charge in [0.05, 0.1) is 0 Å². The van der Waals surface area contributed by atoms with Crippen LogP contribution in [0.2, 0.25) is 0 Å². The Morgan fingerprint density at radius 1 is 1.07 bits per heavy atom. The molecule has 1 heteroatoms. The van der Waals surface area contributed by atoms with Crippen LogP contribution in [0.1, 0.15) is 50.5 Å². The van der Waals surface area contributed by atoms with E-state index in [1.165, 1.54) is 56.9 Å². The van der Waals surface area contributed by atoms with Gasteiger partial charge in [0.2, 0.25) is 0 Å². The van der Waals surface area contributed by atoms with Crippen molar-refractivity contribution in [2.45, 2.75) is 51.4 Å². The van der Waals surface area contributed by atoms with E-state index < -0.39 is 0 Å². The Morgan fingerprint density at radius 3 is 2.47 bits per heavy atom. The van der Waals surface area contributed by atoms with Crippen molar-refractivity contribution in [1.82, 2.24) is 0 Å². The number of rotatable bonds is 9. The SMILES string of the molecule is C=CCCCCCCCCc1ccsc1. The zero-order valence-electron chi connectivity index (χ0n) is 9.58. The van der Waals surface area contributed by atoms with Gasteiger partial charge in [-0.25, -0.2) is 0 Å². The Labute approximate surface area is 98.0 Å². The molecule has 0 radical (unpaired) electrons. The van der Waals surface area contributed by atoms with Crippen molar-refractivity contribution in [2.24, 2.45) is 0 Å². The Balaban J connectivity index is 1.83. The van der Waals surface area contributed by atoms with Gasteiger partial charge >= 0.3 is 0 Å². The summed E-state index contributed by atoms with van der Waals surface area (Å²) in [4.78, 5) is 0. The Morgan fingerprint density at radius 2 is 1.80 bits per heavy atom. The highest BCUT2D eigenvalue weighted by molar-refractivity contribution is 7.07. The molecule has 0 nitrogen and oxygen atoms in total. The van der Waals surface area contributed by atoms with Crippen LogP contribution in [0, 0.1) is 0 Å². The van der Waals surface area contributed by atoms with Gasteiger partial charge in [-0.15, -0.1) is 6.58 Å². The van der Waals surface area contributed by atoms with Crippen LogP contribution in [0.25, 0.3) is 0 Å². The topological polar surface area (TPSA) is 0 Å². The van der Waals surface area contributed by atoms with E-state index in [0.717, 1.165) is 0 Å². The molecule has 0 aromatic carbocycles. The van der Waals surface area contributed by atoms with E-state index in [9.17, 15) is 0 Å². The van der Waals surface area contributed by atoms with Gasteiger partial charge in [-0.2, -0.15) is 11.3 Å². The molecule has 0 amide bonds. The fourth-order valence-electron chi connectivity index (χ4n) is 1.76. The van der Waals surface area contributed by atoms with Crippen molar-refractivity contribution in [3.8, 4) is 0 Å². The van der Waals surface area contributed by atoms with Gasteiger partial charge in [0.15, 0.2) is 0 Å². The van der Waals surface area contributed by atoms with Crippen LogP contribution in [-0.4, -0.2) is 0 Å². The summed E-state index contributed by atoms with van der Waals surface area (Å²) in [6.07, 6.45) is 12.8. The lowest BCUT2D eigenvalue weighted by Gasteiger charge is -2.00. The zero-order chi connectivity index (χ0) is 10.8. The van der Waals surface area contributed by atoms with Crippen molar-refractivity contribution in [2.75, 3.05) is 0 Å². The van der Waals surface area contributed by atoms with Crippen LogP contribution in [0.3, 0.4) is 0 Å². The third-order valence-corrected chi connectivity index (χ3v) is 3.44. The van der Waals surface area contributed by atoms with Gasteiger partial charge in [-0.1, -0.05) is 31.8 Å². The average molecular weight is 222 g/mol. The van der Waals surface area contributed by atoms with E-state index in [1.54, 1.807) is 0 Å². The molecule has 0 N–H and O–H groups in total. The van der Waals surface area contributed by atoms with Gasteiger partial charge in [0.1, 0.15) is 0 Å². The highest BCUT2D eigenvalue weighted by Crippen LogP contribution is 2.12. The summed E-state index contributed by atoms with van der Waals surface area (Å²) < 4.78 is 0. The van der Waals surface area contributed by atoms with Gasteiger partial charge < -0.3 is 0 Å². The van der Waals surface area contributed by atoms with Crippen molar-refractivity contribution >= 4 is 11.3 Å². The van der Waals surface area contributed by atoms with Crippen LogP contribution in [0.4, 0.5) is 0 Å². The number of allylic oxidation sites excluding steroid dienone is 1. The smallest absolute Gasteiger partial charge is 0.00613 e. The third kappa shape index (κ3) is 6.51. The van der Waals surface area contributed by atoms with Crippen LogP contribution in [0.15, 0.2) is 29.5 Å². The lowest BCUT2D eigenvalue weighted by molar-refractivity contribution is 0.597. The van der Waals surface area contributed by atoms with E-state index in [2.05, 4.69) is 23.4 Å². The molecule has 0 bridgehead atoms. The lowest BCUT2D eigenvalue weighted by Crippen LogP contribution is -1.83. The first-order chi connectivity index (χ1) is 7.43. The van der Waals surface area contributed by atoms with E-state index in [4.69, 9.17) is 0 Å². The first kappa shape index (κ1) is 12.5. The van der Waals surface area contributed by atoms with E-state index >= 15 is 0 Å². The molecule has 1 aromatic heterocycles. The minimum absolute atomic E-state index is 1.19. The number of unbranched alkanes of at least 4 members (excludes halogenated alkanes) is 6. The summed E-state index contributed by atoms with van der Waals surface area (Å²) in [5, 5.41) is 4.44. The van der Waals surface area contributed by atoms with Crippen molar-refractivity contribution in [3.63, 3.8) is 0 Å². The first-order valence-electron chi connectivity index (χ1n) is 6.05. The van der Waals surface area contributed by atoms with Gasteiger partial charge in [-0.05, 0) is 48.1 Å². The van der Waals surface area contributed by atoms with E-state index in [-0.39, 0.29) is 0 Å². The highest BCUT2D eigenvalue weighted by atomic mass is 32.1. The quantitative estimate of drug-likeness (QED) is 0.397. The van der Waals surface area contributed by atoms with E-state index in [0.29, 0.717) is 0 Å². The first-order valence-corrected chi connectivity index (χ1v) is 6.99. The molecule has 0 saturated carbocycles. The van der Waals surface area contributed by atoms with Crippen molar-refractivity contribution in [1.29, 1.82) is 0 Å². The minimum Gasteiger partial charge on any atom is -0.152 e. The predicted molar refractivity (Wildman–Crippen MR) is 70.5 cm³/mol. The maximum absolute atomic E-state index is 3.74. The van der Waals surface area contributed by atoms with E-state index in [1.807, 2.05) is 17.4 Å². The summed E-state index contributed by atoms with van der Waals surface area (Å²) in [7, 11) is 0. The molecular weight excluding hydrogens is 200 g/mol. The van der Waals surface area contributed by atoms with Crippen molar-refractivity contribution in [3.05, 3.63) is 35.0 Å². The summed E-state index contributed by atoms with van der Waals surface area (Å²) in [5.74, 6) is 0. The summed E-state index contributed by atoms with van der Waals surface area (Å²) in [6.45, 7) is 3.74. The number of hydrogen-bond acceptors (Lipinski definition) is 1. The second kappa shape index (κ2) is 8.72. The molecule has 1 rings (SSSR count). The fraction of sp³-hybridized carbons (Fsp3) is 0.571. The third-order valence-electron chi connectivity index (χ3n) is 2.70. The number of aryl methyl sites for hydroxylation is 1. The molecule has 0 fully saturated rings. The van der Waals surface area contributed by atoms with Crippen LogP contribution in [-0.2, 0) is 6.42 Å². The van der Waals surface area contributed by atoms with Gasteiger partial charge in [0.25, 0.3) is 0 Å². The molecule has 0 saturated heterocycles. The van der Waals surface area contributed by atoms with Crippen LogP contribution < -0.4 is 0 Å². The zero-order valence-corrected chi connectivity index (χ0v) is 10.4. The van der Waals surface area contributed by atoms with Crippen LogP contribution >= 0.6 is 11.3 Å². The Hall–Kier alpha value is -0.560. The van der Waals surface area contributed by atoms with Gasteiger partial charge in [0, 0.05) is 0 Å². The molecular formula is C14H22S. The lowest BCUT2D eigenvalue weighted by atomic mass is 10.1. The summed E-state index contributed by atoms with van der Waals surface area (Å²) in [6, 6.07) is 2.24. The normalized spacial score (nSPS) is 10.4. The van der Waals surface area contributed by atoms with Gasteiger partial charge in [-0.3, -0.25) is 0 Å². The Kier molecular flexibility index (Phi) is 7.28. The predicted octanol–water partition coefficient (Wildman–Crippen LogP) is 5.21. The molecule has 0 unspecified atom stereocenters. The maximum atomic E-state index is 3.74. The van der Waals surface area contributed by atoms with Crippen LogP contribution in [0.5, 0.6) is 0 Å². The monoisotopic (exact) mass is 222 g/mol.